The van der Waals surface area contributed by atoms with Gasteiger partial charge in [0.15, 0.2) is 6.10 Å². The van der Waals surface area contributed by atoms with Gasteiger partial charge in [-0.3, -0.25) is 9.48 Å². The fraction of sp³-hybridized carbons (Fsp3) is 0.412. The van der Waals surface area contributed by atoms with Gasteiger partial charge in [-0.1, -0.05) is 30.3 Å². The van der Waals surface area contributed by atoms with Gasteiger partial charge in [-0.2, -0.15) is 5.10 Å². The second-order valence-corrected chi connectivity index (χ2v) is 5.70. The number of hydrogen-bond acceptors (Lipinski definition) is 3. The quantitative estimate of drug-likeness (QED) is 0.890. The Morgan fingerprint density at radius 2 is 2.14 bits per heavy atom. The van der Waals surface area contributed by atoms with Crippen molar-refractivity contribution in [3.05, 3.63) is 53.3 Å². The second-order valence-electron chi connectivity index (χ2n) is 5.70. The van der Waals surface area contributed by atoms with E-state index in [0.29, 0.717) is 12.5 Å². The summed E-state index contributed by atoms with van der Waals surface area (Å²) >= 11 is 0. The highest BCUT2D eigenvalue weighted by Gasteiger charge is 2.27. The van der Waals surface area contributed by atoms with Crippen molar-refractivity contribution >= 4 is 5.91 Å². The summed E-state index contributed by atoms with van der Waals surface area (Å²) in [5.41, 5.74) is 3.00. The monoisotopic (exact) mass is 299 g/mol. The molecule has 0 aliphatic heterocycles. The van der Waals surface area contributed by atoms with Gasteiger partial charge in [-0.05, 0) is 24.5 Å². The van der Waals surface area contributed by atoms with E-state index in [-0.39, 0.29) is 5.91 Å². The molecule has 116 valence electrons. The van der Waals surface area contributed by atoms with Crippen LogP contribution >= 0.6 is 0 Å². The highest BCUT2D eigenvalue weighted by Crippen LogP contribution is 2.39. The van der Waals surface area contributed by atoms with Crippen molar-refractivity contribution in [3.63, 3.8) is 0 Å². The van der Waals surface area contributed by atoms with Crippen LogP contribution in [0, 0.1) is 0 Å². The molecule has 0 radical (unpaired) electrons. The Kier molecular flexibility index (Phi) is 4.24. The first-order valence-electron chi connectivity index (χ1n) is 7.57. The van der Waals surface area contributed by atoms with Crippen LogP contribution in [0.2, 0.25) is 0 Å². The third-order valence-electron chi connectivity index (χ3n) is 4.01. The van der Waals surface area contributed by atoms with Crippen molar-refractivity contribution in [2.75, 3.05) is 7.11 Å². The van der Waals surface area contributed by atoms with Crippen LogP contribution in [0.1, 0.15) is 41.8 Å². The molecule has 5 heteroatoms. The summed E-state index contributed by atoms with van der Waals surface area (Å²) in [6.07, 6.45) is 1.86. The average molecular weight is 299 g/mol. The third kappa shape index (κ3) is 3.20. The van der Waals surface area contributed by atoms with Crippen molar-refractivity contribution in [2.24, 2.45) is 7.05 Å². The number of aromatic nitrogens is 2. The van der Waals surface area contributed by atoms with Crippen LogP contribution in [-0.2, 0) is 23.1 Å². The van der Waals surface area contributed by atoms with E-state index < -0.39 is 6.10 Å². The van der Waals surface area contributed by atoms with Crippen LogP contribution in [0.15, 0.2) is 36.4 Å². The van der Waals surface area contributed by atoms with E-state index in [9.17, 15) is 4.79 Å². The Labute approximate surface area is 130 Å². The second kappa shape index (κ2) is 6.32. The average Bonchev–Trinajstić information content (AvgIpc) is 3.31. The topological polar surface area (TPSA) is 56.1 Å². The summed E-state index contributed by atoms with van der Waals surface area (Å²) in [6, 6.07) is 11.6. The first-order valence-corrected chi connectivity index (χ1v) is 7.57. The largest absolute Gasteiger partial charge is 0.367 e. The van der Waals surface area contributed by atoms with Crippen molar-refractivity contribution in [1.29, 1.82) is 0 Å². The van der Waals surface area contributed by atoms with Gasteiger partial charge in [0.05, 0.1) is 17.9 Å². The van der Waals surface area contributed by atoms with Gasteiger partial charge in [0.1, 0.15) is 0 Å². The van der Waals surface area contributed by atoms with Gasteiger partial charge < -0.3 is 10.1 Å². The zero-order valence-corrected chi connectivity index (χ0v) is 13.0. The number of nitrogens with zero attached hydrogens (tertiary/aromatic N) is 2. The van der Waals surface area contributed by atoms with E-state index >= 15 is 0 Å². The lowest BCUT2D eigenvalue weighted by Crippen LogP contribution is -2.30. The van der Waals surface area contributed by atoms with Crippen LogP contribution in [0.25, 0.3) is 0 Å². The summed E-state index contributed by atoms with van der Waals surface area (Å²) in [6.45, 7) is 0.460. The minimum Gasteiger partial charge on any atom is -0.367 e. The number of aryl methyl sites for hydroxylation is 1. The highest BCUT2D eigenvalue weighted by molar-refractivity contribution is 5.82. The smallest absolute Gasteiger partial charge is 0.254 e. The van der Waals surface area contributed by atoms with Crippen molar-refractivity contribution < 1.29 is 9.53 Å². The van der Waals surface area contributed by atoms with Crippen LogP contribution < -0.4 is 5.32 Å². The van der Waals surface area contributed by atoms with Gasteiger partial charge in [-0.15, -0.1) is 0 Å². The molecule has 1 aromatic heterocycles. The first kappa shape index (κ1) is 14.8. The molecule has 1 aliphatic carbocycles. The molecule has 22 heavy (non-hydrogen) atoms. The normalized spacial score (nSPS) is 15.5. The fourth-order valence-corrected chi connectivity index (χ4v) is 2.57. The molecule has 1 aromatic carbocycles. The van der Waals surface area contributed by atoms with Gasteiger partial charge in [0, 0.05) is 20.1 Å². The Hall–Kier alpha value is -2.14. The van der Waals surface area contributed by atoms with Gasteiger partial charge in [0.25, 0.3) is 5.91 Å². The SMILES string of the molecule is CO[C@@H](C(=O)NCc1cc(C2CC2)nn1C)c1ccccc1. The molecule has 1 aliphatic rings. The van der Waals surface area contributed by atoms with Gasteiger partial charge in [0.2, 0.25) is 0 Å². The molecular weight excluding hydrogens is 278 g/mol. The number of ether oxygens (including phenoxy) is 1. The van der Waals surface area contributed by atoms with E-state index in [1.807, 2.05) is 42.1 Å². The van der Waals surface area contributed by atoms with Crippen LogP contribution in [0.3, 0.4) is 0 Å². The summed E-state index contributed by atoms with van der Waals surface area (Å²) in [5, 5.41) is 7.45. The zero-order chi connectivity index (χ0) is 15.5. The zero-order valence-electron chi connectivity index (χ0n) is 13.0. The first-order chi connectivity index (χ1) is 10.7. The number of hydrogen-bond donors (Lipinski definition) is 1. The molecule has 0 saturated heterocycles. The molecule has 0 unspecified atom stereocenters. The summed E-state index contributed by atoms with van der Waals surface area (Å²) < 4.78 is 7.18. The highest BCUT2D eigenvalue weighted by atomic mass is 16.5. The number of rotatable bonds is 6. The van der Waals surface area contributed by atoms with Crippen LogP contribution in [0.4, 0.5) is 0 Å². The Balaban J connectivity index is 1.63. The third-order valence-corrected chi connectivity index (χ3v) is 4.01. The van der Waals surface area contributed by atoms with E-state index in [4.69, 9.17) is 4.74 Å². The maximum absolute atomic E-state index is 12.3. The molecule has 1 saturated carbocycles. The predicted octanol–water partition coefficient (Wildman–Crippen LogP) is 2.30. The maximum Gasteiger partial charge on any atom is 0.254 e. The molecule has 1 fully saturated rings. The standard InChI is InChI=1S/C17H21N3O2/c1-20-14(10-15(19-20)12-8-9-12)11-18-17(21)16(22-2)13-6-4-3-5-7-13/h3-7,10,12,16H,8-9,11H2,1-2H3,(H,18,21)/t16-/m1/s1. The number of carbonyl (C=O) groups excluding carboxylic acids is 1. The van der Waals surface area contributed by atoms with Gasteiger partial charge >= 0.3 is 0 Å². The summed E-state index contributed by atoms with van der Waals surface area (Å²) in [4.78, 5) is 12.3. The number of benzene rings is 1. The van der Waals surface area contributed by atoms with Gasteiger partial charge in [-0.25, -0.2) is 0 Å². The van der Waals surface area contributed by atoms with Crippen molar-refractivity contribution in [3.8, 4) is 0 Å². The lowest BCUT2D eigenvalue weighted by Gasteiger charge is -2.15. The van der Waals surface area contributed by atoms with Crippen molar-refractivity contribution in [1.82, 2.24) is 15.1 Å². The minimum atomic E-state index is -0.586. The molecule has 0 spiro atoms. The predicted molar refractivity (Wildman–Crippen MR) is 83.2 cm³/mol. The fourth-order valence-electron chi connectivity index (χ4n) is 2.57. The van der Waals surface area contributed by atoms with E-state index in [0.717, 1.165) is 17.0 Å². The Morgan fingerprint density at radius 1 is 1.41 bits per heavy atom. The number of methoxy groups -OCH3 is 1. The lowest BCUT2D eigenvalue weighted by molar-refractivity contribution is -0.131. The number of amides is 1. The molecule has 1 amide bonds. The summed E-state index contributed by atoms with van der Waals surface area (Å²) in [7, 11) is 3.46. The van der Waals surface area contributed by atoms with Crippen LogP contribution in [0.5, 0.6) is 0 Å². The van der Waals surface area contributed by atoms with E-state index in [1.165, 1.54) is 12.8 Å². The molecule has 0 bridgehead atoms. The Morgan fingerprint density at radius 3 is 2.77 bits per heavy atom. The maximum atomic E-state index is 12.3. The molecule has 1 N–H and O–H groups in total. The molecule has 1 heterocycles. The molecule has 3 rings (SSSR count). The van der Waals surface area contributed by atoms with Crippen molar-refractivity contribution in [2.45, 2.75) is 31.4 Å². The van der Waals surface area contributed by atoms with E-state index in [2.05, 4.69) is 16.5 Å². The lowest BCUT2D eigenvalue weighted by atomic mass is 10.1. The number of nitrogens with one attached hydrogen (secondary N) is 1. The molecule has 1 atom stereocenters. The molecule has 5 nitrogen and oxygen atoms in total. The van der Waals surface area contributed by atoms with Crippen LogP contribution in [-0.4, -0.2) is 22.8 Å². The number of carbonyl (C=O) groups is 1. The minimum absolute atomic E-state index is 0.136. The summed E-state index contributed by atoms with van der Waals surface area (Å²) in [5.74, 6) is 0.481. The molecular formula is C17H21N3O2. The Bertz CT molecular complexity index is 647. The molecule has 2 aromatic rings. The van der Waals surface area contributed by atoms with E-state index in [1.54, 1.807) is 7.11 Å².